The summed E-state index contributed by atoms with van der Waals surface area (Å²) >= 11 is 0. The number of rotatable bonds is 4. The lowest BCUT2D eigenvalue weighted by Crippen LogP contribution is -2.49. The Balaban J connectivity index is 1.57. The van der Waals surface area contributed by atoms with Crippen LogP contribution in [0.25, 0.3) is 0 Å². The molecule has 5 nitrogen and oxygen atoms in total. The Labute approximate surface area is 118 Å². The van der Waals surface area contributed by atoms with Gasteiger partial charge >= 0.3 is 0 Å². The molecule has 1 saturated heterocycles. The Hall–Kier alpha value is -1.46. The number of benzene rings is 1. The first kappa shape index (κ1) is 13.5. The highest BCUT2D eigenvalue weighted by Crippen LogP contribution is 2.29. The molecule has 0 N–H and O–H groups in total. The minimum atomic E-state index is -0.352. The number of ether oxygens (including phenoxy) is 1. The minimum absolute atomic E-state index is 0.163. The molecule has 1 aromatic carbocycles. The van der Waals surface area contributed by atoms with Crippen molar-refractivity contribution in [2.24, 2.45) is 0 Å². The summed E-state index contributed by atoms with van der Waals surface area (Å²) in [5, 5.41) is 10.6. The van der Waals surface area contributed by atoms with E-state index in [2.05, 4.69) is 4.90 Å². The van der Waals surface area contributed by atoms with Gasteiger partial charge in [-0.25, -0.2) is 0 Å². The fourth-order valence-electron chi connectivity index (χ4n) is 3.34. The van der Waals surface area contributed by atoms with Gasteiger partial charge in [-0.2, -0.15) is 0 Å². The van der Waals surface area contributed by atoms with Crippen molar-refractivity contribution in [2.45, 2.75) is 37.8 Å². The molecule has 3 rings (SSSR count). The van der Waals surface area contributed by atoms with Crippen LogP contribution in [-0.2, 0) is 11.2 Å². The zero-order valence-corrected chi connectivity index (χ0v) is 11.5. The number of morpholine rings is 1. The van der Waals surface area contributed by atoms with Gasteiger partial charge < -0.3 is 4.74 Å². The Morgan fingerprint density at radius 3 is 2.85 bits per heavy atom. The Morgan fingerprint density at radius 1 is 1.30 bits per heavy atom. The van der Waals surface area contributed by atoms with Gasteiger partial charge in [0.1, 0.15) is 0 Å². The fourth-order valence-corrected chi connectivity index (χ4v) is 3.34. The SMILES string of the molecule is O=[N+]([O-])c1ccc(CCN2CCO[C@H]3CCC[C@@H]32)cc1. The molecule has 20 heavy (non-hydrogen) atoms. The third-order valence-corrected chi connectivity index (χ3v) is 4.43. The van der Waals surface area contributed by atoms with Crippen molar-refractivity contribution < 1.29 is 9.66 Å². The molecule has 1 aliphatic carbocycles. The fraction of sp³-hybridized carbons (Fsp3) is 0.600. The Morgan fingerprint density at radius 2 is 2.10 bits per heavy atom. The van der Waals surface area contributed by atoms with Crippen LogP contribution in [0.4, 0.5) is 5.69 Å². The maximum atomic E-state index is 10.6. The van der Waals surface area contributed by atoms with Crippen LogP contribution < -0.4 is 0 Å². The van der Waals surface area contributed by atoms with Gasteiger partial charge in [0.2, 0.25) is 0 Å². The highest BCUT2D eigenvalue weighted by molar-refractivity contribution is 5.32. The molecule has 1 saturated carbocycles. The van der Waals surface area contributed by atoms with E-state index in [4.69, 9.17) is 4.74 Å². The summed E-state index contributed by atoms with van der Waals surface area (Å²) in [6, 6.07) is 7.50. The molecule has 2 fully saturated rings. The van der Waals surface area contributed by atoms with Gasteiger partial charge in [0.25, 0.3) is 5.69 Å². The second-order valence-electron chi connectivity index (χ2n) is 5.62. The molecule has 1 aliphatic heterocycles. The summed E-state index contributed by atoms with van der Waals surface area (Å²) in [4.78, 5) is 12.8. The molecule has 0 bridgehead atoms. The van der Waals surface area contributed by atoms with Gasteiger partial charge in [0.15, 0.2) is 0 Å². The largest absolute Gasteiger partial charge is 0.375 e. The van der Waals surface area contributed by atoms with Crippen molar-refractivity contribution in [2.75, 3.05) is 19.7 Å². The average molecular weight is 276 g/mol. The Bertz CT molecular complexity index is 475. The molecule has 2 atom stereocenters. The summed E-state index contributed by atoms with van der Waals surface area (Å²) in [5.41, 5.74) is 1.33. The molecule has 0 unspecified atom stereocenters. The molecule has 1 aromatic rings. The van der Waals surface area contributed by atoms with Crippen molar-refractivity contribution in [1.29, 1.82) is 0 Å². The van der Waals surface area contributed by atoms with Gasteiger partial charge in [-0.05, 0) is 31.2 Å². The summed E-state index contributed by atoms with van der Waals surface area (Å²) in [6.07, 6.45) is 5.08. The molecule has 108 valence electrons. The molecule has 2 aliphatic rings. The molecule has 5 heteroatoms. The number of nitrogens with zero attached hydrogens (tertiary/aromatic N) is 2. The highest BCUT2D eigenvalue weighted by atomic mass is 16.6. The van der Waals surface area contributed by atoms with Crippen LogP contribution in [0.5, 0.6) is 0 Å². The molecular formula is C15H20N2O3. The van der Waals surface area contributed by atoms with Gasteiger partial charge in [-0.3, -0.25) is 15.0 Å². The standard InChI is InChI=1S/C15H20N2O3/c18-17(19)13-6-4-12(5-7-13)8-9-16-10-11-20-15-3-1-2-14(15)16/h4-7,14-15H,1-3,8-11H2/t14-,15-/m0/s1. The number of fused-ring (bicyclic) bond motifs is 1. The van der Waals surface area contributed by atoms with Crippen molar-refractivity contribution >= 4 is 5.69 Å². The van der Waals surface area contributed by atoms with Crippen LogP contribution in [0.1, 0.15) is 24.8 Å². The first-order valence-electron chi connectivity index (χ1n) is 7.33. The van der Waals surface area contributed by atoms with Crippen molar-refractivity contribution in [3.05, 3.63) is 39.9 Å². The molecule has 0 radical (unpaired) electrons. The molecule has 0 spiro atoms. The average Bonchev–Trinajstić information content (AvgIpc) is 2.94. The van der Waals surface area contributed by atoms with Crippen LogP contribution in [0.2, 0.25) is 0 Å². The number of nitro benzene ring substituents is 1. The predicted molar refractivity (Wildman–Crippen MR) is 75.8 cm³/mol. The number of nitro groups is 1. The molecule has 0 amide bonds. The van der Waals surface area contributed by atoms with Crippen LogP contribution in [0.3, 0.4) is 0 Å². The summed E-state index contributed by atoms with van der Waals surface area (Å²) in [6.45, 7) is 2.86. The maximum Gasteiger partial charge on any atom is 0.269 e. The second-order valence-corrected chi connectivity index (χ2v) is 5.62. The number of hydrogen-bond donors (Lipinski definition) is 0. The van der Waals surface area contributed by atoms with Crippen molar-refractivity contribution in [3.8, 4) is 0 Å². The quantitative estimate of drug-likeness (QED) is 0.626. The van der Waals surface area contributed by atoms with Crippen LogP contribution in [0, 0.1) is 10.1 Å². The van der Waals surface area contributed by atoms with Gasteiger partial charge in [0.05, 0.1) is 17.6 Å². The second kappa shape index (κ2) is 5.89. The van der Waals surface area contributed by atoms with E-state index in [0.717, 1.165) is 31.7 Å². The van der Waals surface area contributed by atoms with E-state index >= 15 is 0 Å². The van der Waals surface area contributed by atoms with Gasteiger partial charge in [0, 0.05) is 31.3 Å². The van der Waals surface area contributed by atoms with E-state index in [0.29, 0.717) is 12.1 Å². The van der Waals surface area contributed by atoms with E-state index in [1.807, 2.05) is 12.1 Å². The monoisotopic (exact) mass is 276 g/mol. The molecule has 1 heterocycles. The summed E-state index contributed by atoms with van der Waals surface area (Å²) in [5.74, 6) is 0. The van der Waals surface area contributed by atoms with Gasteiger partial charge in [-0.15, -0.1) is 0 Å². The maximum absolute atomic E-state index is 10.6. The predicted octanol–water partition coefficient (Wildman–Crippen LogP) is 2.39. The van der Waals surface area contributed by atoms with E-state index in [1.165, 1.54) is 19.3 Å². The normalized spacial score (nSPS) is 26.4. The van der Waals surface area contributed by atoms with Crippen LogP contribution in [0.15, 0.2) is 24.3 Å². The van der Waals surface area contributed by atoms with Crippen molar-refractivity contribution in [3.63, 3.8) is 0 Å². The first-order chi connectivity index (χ1) is 9.74. The zero-order valence-electron chi connectivity index (χ0n) is 11.5. The van der Waals surface area contributed by atoms with Crippen LogP contribution in [-0.4, -0.2) is 41.7 Å². The van der Waals surface area contributed by atoms with E-state index in [-0.39, 0.29) is 10.6 Å². The van der Waals surface area contributed by atoms with E-state index in [1.54, 1.807) is 12.1 Å². The highest BCUT2D eigenvalue weighted by Gasteiger charge is 2.35. The lowest BCUT2D eigenvalue weighted by Gasteiger charge is -2.37. The first-order valence-corrected chi connectivity index (χ1v) is 7.33. The third-order valence-electron chi connectivity index (χ3n) is 4.43. The van der Waals surface area contributed by atoms with Crippen molar-refractivity contribution in [1.82, 2.24) is 4.90 Å². The minimum Gasteiger partial charge on any atom is -0.375 e. The zero-order chi connectivity index (χ0) is 13.9. The lowest BCUT2D eigenvalue weighted by molar-refractivity contribution is -0.384. The molecular weight excluding hydrogens is 256 g/mol. The van der Waals surface area contributed by atoms with E-state index in [9.17, 15) is 10.1 Å². The van der Waals surface area contributed by atoms with Gasteiger partial charge in [-0.1, -0.05) is 12.1 Å². The van der Waals surface area contributed by atoms with E-state index < -0.39 is 0 Å². The molecule has 0 aromatic heterocycles. The van der Waals surface area contributed by atoms with Crippen LogP contribution >= 0.6 is 0 Å². The smallest absolute Gasteiger partial charge is 0.269 e. The number of hydrogen-bond acceptors (Lipinski definition) is 4. The summed E-state index contributed by atoms with van der Waals surface area (Å²) < 4.78 is 5.81. The third kappa shape index (κ3) is 2.83. The number of non-ortho nitro benzene ring substituents is 1. The lowest BCUT2D eigenvalue weighted by atomic mass is 10.1. The topological polar surface area (TPSA) is 55.6 Å². The Kier molecular flexibility index (Phi) is 3.98. The summed E-state index contributed by atoms with van der Waals surface area (Å²) in [7, 11) is 0.